The van der Waals surface area contributed by atoms with Crippen LogP contribution in [0.1, 0.15) is 43.1 Å². The minimum Gasteiger partial charge on any atom is -0.457 e. The minimum absolute atomic E-state index is 0.0346. The lowest BCUT2D eigenvalue weighted by molar-refractivity contribution is -0.141. The topological polar surface area (TPSA) is 68.3 Å². The smallest absolute Gasteiger partial charge is 0.433 e. The van der Waals surface area contributed by atoms with E-state index < -0.39 is 27.1 Å². The van der Waals surface area contributed by atoms with E-state index >= 15 is 0 Å². The molecule has 1 heterocycles. The van der Waals surface area contributed by atoms with E-state index in [0.717, 1.165) is 23.4 Å². The minimum atomic E-state index is -4.54. The molecule has 0 aliphatic heterocycles. The fourth-order valence-corrected chi connectivity index (χ4v) is 3.79. The molecule has 1 aromatic carbocycles. The van der Waals surface area contributed by atoms with Gasteiger partial charge in [0.05, 0.1) is 5.25 Å². The van der Waals surface area contributed by atoms with Crippen LogP contribution in [0.15, 0.2) is 36.5 Å². The molecule has 1 aliphatic carbocycles. The fourth-order valence-electron chi connectivity index (χ4n) is 2.88. The SMILES string of the molecule is CC(C)S(=O)(=O)NC1CCc2cc(Oc3ccnc(C(F)(F)F)c3)ccc21. The Hall–Kier alpha value is -2.13. The standard InChI is InChI=1S/C18H19F3N2O3S/c1-11(2)27(24,25)23-16-6-3-12-9-13(4-5-15(12)16)26-14-7-8-22-17(10-14)18(19,20)21/h4-5,7-11,16,23H,3,6H2,1-2H3. The molecule has 146 valence electrons. The van der Waals surface area contributed by atoms with Crippen molar-refractivity contribution in [2.24, 2.45) is 0 Å². The maximum Gasteiger partial charge on any atom is 0.433 e. The van der Waals surface area contributed by atoms with E-state index in [1.165, 1.54) is 6.07 Å². The first-order valence-electron chi connectivity index (χ1n) is 8.41. The van der Waals surface area contributed by atoms with Gasteiger partial charge in [-0.2, -0.15) is 13.2 Å². The lowest BCUT2D eigenvalue weighted by atomic mass is 10.1. The number of alkyl halides is 3. The Labute approximate surface area is 155 Å². The molecule has 27 heavy (non-hydrogen) atoms. The predicted molar refractivity (Wildman–Crippen MR) is 94.0 cm³/mol. The zero-order chi connectivity index (χ0) is 19.8. The monoisotopic (exact) mass is 400 g/mol. The molecule has 0 radical (unpaired) electrons. The second kappa shape index (κ2) is 7.12. The van der Waals surface area contributed by atoms with Crippen LogP contribution in [-0.2, 0) is 22.6 Å². The summed E-state index contributed by atoms with van der Waals surface area (Å²) in [7, 11) is -3.40. The van der Waals surface area contributed by atoms with Gasteiger partial charge in [-0.15, -0.1) is 0 Å². The van der Waals surface area contributed by atoms with Gasteiger partial charge in [0.1, 0.15) is 17.2 Å². The maximum atomic E-state index is 12.7. The van der Waals surface area contributed by atoms with Crippen LogP contribution in [0.4, 0.5) is 13.2 Å². The van der Waals surface area contributed by atoms with Crippen molar-refractivity contribution in [1.29, 1.82) is 0 Å². The van der Waals surface area contributed by atoms with Crippen LogP contribution in [0, 0.1) is 0 Å². The number of hydrogen-bond donors (Lipinski definition) is 1. The maximum absolute atomic E-state index is 12.7. The third-order valence-corrected chi connectivity index (χ3v) is 6.23. The third-order valence-electron chi connectivity index (χ3n) is 4.38. The molecule has 0 amide bonds. The van der Waals surface area contributed by atoms with Crippen molar-refractivity contribution in [3.8, 4) is 11.5 Å². The molecule has 1 unspecified atom stereocenters. The summed E-state index contributed by atoms with van der Waals surface area (Å²) in [5, 5.41) is -0.529. The highest BCUT2D eigenvalue weighted by atomic mass is 32.2. The number of halogens is 3. The Morgan fingerprint density at radius 2 is 1.89 bits per heavy atom. The van der Waals surface area contributed by atoms with E-state index in [9.17, 15) is 21.6 Å². The van der Waals surface area contributed by atoms with E-state index in [2.05, 4.69) is 9.71 Å². The summed E-state index contributed by atoms with van der Waals surface area (Å²) in [4.78, 5) is 3.30. The van der Waals surface area contributed by atoms with Crippen molar-refractivity contribution in [3.05, 3.63) is 53.3 Å². The molecule has 1 N–H and O–H groups in total. The van der Waals surface area contributed by atoms with Gasteiger partial charge in [-0.25, -0.2) is 13.1 Å². The molecular weight excluding hydrogens is 381 g/mol. The zero-order valence-electron chi connectivity index (χ0n) is 14.7. The Balaban J connectivity index is 1.78. The van der Waals surface area contributed by atoms with Gasteiger partial charge in [-0.05, 0) is 56.0 Å². The quantitative estimate of drug-likeness (QED) is 0.817. The largest absolute Gasteiger partial charge is 0.457 e. The number of aromatic nitrogens is 1. The van der Waals surface area contributed by atoms with Crippen molar-refractivity contribution in [3.63, 3.8) is 0 Å². The van der Waals surface area contributed by atoms with Crippen molar-refractivity contribution in [2.45, 2.75) is 44.2 Å². The number of nitrogens with zero attached hydrogens (tertiary/aromatic N) is 1. The molecule has 0 spiro atoms. The van der Waals surface area contributed by atoms with Gasteiger partial charge in [0.2, 0.25) is 10.0 Å². The normalized spacial score (nSPS) is 17.2. The van der Waals surface area contributed by atoms with Gasteiger partial charge in [0, 0.05) is 18.3 Å². The number of sulfonamides is 1. The number of rotatable bonds is 5. The van der Waals surface area contributed by atoms with Crippen molar-refractivity contribution >= 4 is 10.0 Å². The predicted octanol–water partition coefficient (Wildman–Crippen LogP) is 4.21. The molecule has 0 fully saturated rings. The molecule has 9 heteroatoms. The second-order valence-corrected chi connectivity index (χ2v) is 8.91. The zero-order valence-corrected chi connectivity index (χ0v) is 15.6. The van der Waals surface area contributed by atoms with E-state index in [4.69, 9.17) is 4.74 Å². The average molecular weight is 400 g/mol. The van der Waals surface area contributed by atoms with Gasteiger partial charge >= 0.3 is 6.18 Å². The summed E-state index contributed by atoms with van der Waals surface area (Å²) in [6.45, 7) is 3.22. The van der Waals surface area contributed by atoms with Gasteiger partial charge in [0.15, 0.2) is 0 Å². The number of hydrogen-bond acceptors (Lipinski definition) is 4. The fraction of sp³-hybridized carbons (Fsp3) is 0.389. The molecule has 0 saturated carbocycles. The Morgan fingerprint density at radius 3 is 2.56 bits per heavy atom. The van der Waals surface area contributed by atoms with Crippen LogP contribution >= 0.6 is 0 Å². The molecule has 2 aromatic rings. The summed E-state index contributed by atoms with van der Waals surface area (Å²) in [6.07, 6.45) is -2.22. The first-order chi connectivity index (χ1) is 12.6. The van der Waals surface area contributed by atoms with E-state index in [-0.39, 0.29) is 11.8 Å². The van der Waals surface area contributed by atoms with E-state index in [1.54, 1.807) is 32.0 Å². The lowest BCUT2D eigenvalue weighted by Crippen LogP contribution is -2.33. The molecule has 3 rings (SSSR count). The number of benzene rings is 1. The van der Waals surface area contributed by atoms with Crippen LogP contribution in [-0.4, -0.2) is 18.7 Å². The highest BCUT2D eigenvalue weighted by molar-refractivity contribution is 7.90. The van der Waals surface area contributed by atoms with Crippen LogP contribution in [0.3, 0.4) is 0 Å². The van der Waals surface area contributed by atoms with E-state index in [1.807, 2.05) is 0 Å². The van der Waals surface area contributed by atoms with Gasteiger partial charge in [0.25, 0.3) is 0 Å². The van der Waals surface area contributed by atoms with Crippen molar-refractivity contribution in [2.75, 3.05) is 0 Å². The van der Waals surface area contributed by atoms with Crippen LogP contribution in [0.2, 0.25) is 0 Å². The molecule has 1 aliphatic rings. The van der Waals surface area contributed by atoms with Gasteiger partial charge in [-0.3, -0.25) is 4.98 Å². The first kappa shape index (κ1) is 19.6. The summed E-state index contributed by atoms with van der Waals surface area (Å²) in [5.41, 5.74) is 0.746. The summed E-state index contributed by atoms with van der Waals surface area (Å²) >= 11 is 0. The van der Waals surface area contributed by atoms with Crippen LogP contribution < -0.4 is 9.46 Å². The number of fused-ring (bicyclic) bond motifs is 1. The molecular formula is C18H19F3N2O3S. The summed E-state index contributed by atoms with van der Waals surface area (Å²) in [6, 6.07) is 6.98. The first-order valence-corrected chi connectivity index (χ1v) is 9.96. The average Bonchev–Trinajstić information content (AvgIpc) is 2.96. The molecule has 1 aromatic heterocycles. The number of ether oxygens (including phenoxy) is 1. The lowest BCUT2D eigenvalue weighted by Gasteiger charge is -2.17. The number of nitrogens with one attached hydrogen (secondary N) is 1. The molecule has 1 atom stereocenters. The Morgan fingerprint density at radius 1 is 1.19 bits per heavy atom. The van der Waals surface area contributed by atoms with E-state index in [0.29, 0.717) is 18.6 Å². The Kier molecular flexibility index (Phi) is 5.18. The Bertz CT molecular complexity index is 943. The van der Waals surface area contributed by atoms with Gasteiger partial charge < -0.3 is 4.74 Å². The highest BCUT2D eigenvalue weighted by Crippen LogP contribution is 2.36. The van der Waals surface area contributed by atoms with Crippen molar-refractivity contribution in [1.82, 2.24) is 9.71 Å². The summed E-state index contributed by atoms with van der Waals surface area (Å²) < 4.78 is 70.6. The van der Waals surface area contributed by atoms with Crippen LogP contribution in [0.5, 0.6) is 11.5 Å². The highest BCUT2D eigenvalue weighted by Gasteiger charge is 2.33. The van der Waals surface area contributed by atoms with Crippen molar-refractivity contribution < 1.29 is 26.3 Å². The third kappa shape index (κ3) is 4.41. The van der Waals surface area contributed by atoms with Gasteiger partial charge in [-0.1, -0.05) is 6.07 Å². The van der Waals surface area contributed by atoms with Crippen LogP contribution in [0.25, 0.3) is 0 Å². The molecule has 0 saturated heterocycles. The number of pyridine rings is 1. The second-order valence-electron chi connectivity index (χ2n) is 6.64. The molecule has 0 bridgehead atoms. The molecule has 5 nitrogen and oxygen atoms in total. The summed E-state index contributed by atoms with van der Waals surface area (Å²) in [5.74, 6) is 0.424. The number of aryl methyl sites for hydroxylation is 1.